The lowest BCUT2D eigenvalue weighted by atomic mass is 10.2. The summed E-state index contributed by atoms with van der Waals surface area (Å²) in [5, 5.41) is 8.99. The summed E-state index contributed by atoms with van der Waals surface area (Å²) in [5.41, 5.74) is 16.5. The average molecular weight is 369 g/mol. The summed E-state index contributed by atoms with van der Waals surface area (Å²) in [6, 6.07) is 13.6. The van der Waals surface area contributed by atoms with Gasteiger partial charge in [0.2, 0.25) is 5.96 Å². The van der Waals surface area contributed by atoms with Crippen LogP contribution in [0.5, 0.6) is 0 Å². The van der Waals surface area contributed by atoms with Crippen LogP contribution in [0.4, 0.5) is 11.5 Å². The van der Waals surface area contributed by atoms with Crippen LogP contribution in [0.1, 0.15) is 5.56 Å². The first-order valence-electron chi connectivity index (χ1n) is 8.93. The second-order valence-electron chi connectivity index (χ2n) is 6.55. The SMILES string of the molecule is CN1CCN(Cc2ccc(NNNN(C(=N)N)c3ccccn3)cc2)CC1. The molecule has 0 radical (unpaired) electrons. The Kier molecular flexibility index (Phi) is 6.55. The van der Waals surface area contributed by atoms with Gasteiger partial charge < -0.3 is 16.1 Å². The molecule has 9 nitrogen and oxygen atoms in total. The van der Waals surface area contributed by atoms with Gasteiger partial charge in [0.1, 0.15) is 0 Å². The number of aromatic nitrogens is 1. The standard InChI is InChI=1S/C18H27N9/c1-25-10-12-26(13-11-25)14-15-5-7-16(8-6-15)22-23-24-27(18(19)20)17-4-2-3-9-21-17/h2-9,22-24H,10-14H2,1H3,(H3,19,20). The Hall–Kier alpha value is -2.72. The van der Waals surface area contributed by atoms with E-state index in [0.717, 1.165) is 38.4 Å². The third-order valence-corrected chi connectivity index (χ3v) is 4.45. The van der Waals surface area contributed by atoms with Gasteiger partial charge in [0.15, 0.2) is 5.82 Å². The molecule has 1 aromatic heterocycles. The number of benzene rings is 1. The van der Waals surface area contributed by atoms with Gasteiger partial charge in [0, 0.05) is 38.9 Å². The quantitative estimate of drug-likeness (QED) is 0.274. The Morgan fingerprint density at radius 3 is 2.52 bits per heavy atom. The van der Waals surface area contributed by atoms with E-state index in [1.807, 2.05) is 18.2 Å². The number of anilines is 2. The molecule has 9 heteroatoms. The van der Waals surface area contributed by atoms with Gasteiger partial charge in [-0.2, -0.15) is 5.53 Å². The van der Waals surface area contributed by atoms with Crippen molar-refractivity contribution in [1.82, 2.24) is 25.9 Å². The maximum absolute atomic E-state index is 7.66. The van der Waals surface area contributed by atoms with Crippen molar-refractivity contribution in [3.05, 3.63) is 54.2 Å². The van der Waals surface area contributed by atoms with E-state index in [4.69, 9.17) is 11.1 Å². The van der Waals surface area contributed by atoms with Crippen LogP contribution in [0.25, 0.3) is 0 Å². The van der Waals surface area contributed by atoms with Crippen LogP contribution in [0, 0.1) is 5.41 Å². The van der Waals surface area contributed by atoms with E-state index in [0.29, 0.717) is 5.82 Å². The average Bonchev–Trinajstić information content (AvgIpc) is 2.69. The molecule has 27 heavy (non-hydrogen) atoms. The number of rotatable bonds is 7. The molecule has 6 N–H and O–H groups in total. The van der Waals surface area contributed by atoms with Crippen molar-refractivity contribution < 1.29 is 0 Å². The first kappa shape index (κ1) is 19.1. The molecule has 0 spiro atoms. The van der Waals surface area contributed by atoms with E-state index in [9.17, 15) is 0 Å². The summed E-state index contributed by atoms with van der Waals surface area (Å²) in [7, 11) is 2.17. The summed E-state index contributed by atoms with van der Waals surface area (Å²) < 4.78 is 0. The van der Waals surface area contributed by atoms with Crippen molar-refractivity contribution >= 4 is 17.5 Å². The Balaban J connectivity index is 1.47. The molecule has 2 heterocycles. The van der Waals surface area contributed by atoms with Crippen LogP contribution in [-0.2, 0) is 6.54 Å². The number of likely N-dealkylation sites (N-methyl/N-ethyl adjacent to an activating group) is 1. The molecule has 144 valence electrons. The summed E-state index contributed by atoms with van der Waals surface area (Å²) in [6.07, 6.45) is 1.64. The van der Waals surface area contributed by atoms with Gasteiger partial charge in [-0.3, -0.25) is 10.3 Å². The lowest BCUT2D eigenvalue weighted by Crippen LogP contribution is -2.55. The number of nitrogens with zero attached hydrogens (tertiary/aromatic N) is 4. The zero-order valence-corrected chi connectivity index (χ0v) is 15.5. The summed E-state index contributed by atoms with van der Waals surface area (Å²) in [6.45, 7) is 5.43. The minimum atomic E-state index is -0.175. The predicted octanol–water partition coefficient (Wildman–Crippen LogP) is 0.565. The highest BCUT2D eigenvalue weighted by molar-refractivity contribution is 5.90. The highest BCUT2D eigenvalue weighted by Crippen LogP contribution is 2.12. The highest BCUT2D eigenvalue weighted by Gasteiger charge is 2.13. The molecule has 0 unspecified atom stereocenters. The number of piperazine rings is 1. The van der Waals surface area contributed by atoms with Crippen LogP contribution in [0.15, 0.2) is 48.7 Å². The lowest BCUT2D eigenvalue weighted by molar-refractivity contribution is 0.148. The monoisotopic (exact) mass is 369 g/mol. The molecule has 2 aromatic rings. The van der Waals surface area contributed by atoms with E-state index >= 15 is 0 Å². The van der Waals surface area contributed by atoms with E-state index < -0.39 is 0 Å². The van der Waals surface area contributed by atoms with Crippen molar-refractivity contribution in [2.45, 2.75) is 6.54 Å². The van der Waals surface area contributed by atoms with Gasteiger partial charge in [0.05, 0.1) is 5.69 Å². The molecular weight excluding hydrogens is 342 g/mol. The van der Waals surface area contributed by atoms with Gasteiger partial charge >= 0.3 is 0 Å². The van der Waals surface area contributed by atoms with Gasteiger partial charge in [-0.1, -0.05) is 18.2 Å². The summed E-state index contributed by atoms with van der Waals surface area (Å²) in [5.74, 6) is 0.340. The fourth-order valence-electron chi connectivity index (χ4n) is 2.84. The van der Waals surface area contributed by atoms with E-state index in [-0.39, 0.29) is 5.96 Å². The number of pyridine rings is 1. The minimum Gasteiger partial charge on any atom is -0.369 e. The lowest BCUT2D eigenvalue weighted by Gasteiger charge is -2.32. The second-order valence-corrected chi connectivity index (χ2v) is 6.55. The van der Waals surface area contributed by atoms with Gasteiger partial charge in [0.25, 0.3) is 0 Å². The van der Waals surface area contributed by atoms with E-state index in [2.05, 4.69) is 50.5 Å². The van der Waals surface area contributed by atoms with Gasteiger partial charge in [-0.05, 0) is 36.9 Å². The van der Waals surface area contributed by atoms with Crippen molar-refractivity contribution in [2.75, 3.05) is 43.7 Å². The van der Waals surface area contributed by atoms with Gasteiger partial charge in [-0.15, -0.1) is 5.53 Å². The first-order chi connectivity index (χ1) is 13.1. The van der Waals surface area contributed by atoms with Crippen LogP contribution in [0.3, 0.4) is 0 Å². The molecule has 0 aliphatic carbocycles. The maximum atomic E-state index is 7.66. The fourth-order valence-corrected chi connectivity index (χ4v) is 2.84. The molecule has 0 saturated carbocycles. The molecular formula is C18H27N9. The van der Waals surface area contributed by atoms with Crippen molar-refractivity contribution in [2.24, 2.45) is 5.73 Å². The van der Waals surface area contributed by atoms with E-state index in [1.54, 1.807) is 18.3 Å². The summed E-state index contributed by atoms with van der Waals surface area (Å²) in [4.78, 5) is 9.00. The third kappa shape index (κ3) is 5.63. The van der Waals surface area contributed by atoms with Crippen molar-refractivity contribution in [3.63, 3.8) is 0 Å². The summed E-state index contributed by atoms with van der Waals surface area (Å²) >= 11 is 0. The highest BCUT2D eigenvalue weighted by atomic mass is 15.8. The number of hydrogen-bond acceptors (Lipinski definition) is 7. The van der Waals surface area contributed by atoms with Crippen LogP contribution < -0.4 is 27.2 Å². The predicted molar refractivity (Wildman–Crippen MR) is 108 cm³/mol. The Labute approximate surface area is 159 Å². The van der Waals surface area contributed by atoms with E-state index in [1.165, 1.54) is 10.6 Å². The number of guanidine groups is 1. The first-order valence-corrected chi connectivity index (χ1v) is 8.93. The maximum Gasteiger partial charge on any atom is 0.210 e. The third-order valence-electron chi connectivity index (χ3n) is 4.45. The minimum absolute atomic E-state index is 0.175. The molecule has 1 aliphatic rings. The number of hydrogen-bond donors (Lipinski definition) is 5. The fraction of sp³-hybridized carbons (Fsp3) is 0.333. The Bertz CT molecular complexity index is 711. The zero-order valence-electron chi connectivity index (χ0n) is 15.5. The molecule has 3 rings (SSSR count). The molecule has 0 amide bonds. The van der Waals surface area contributed by atoms with Gasteiger partial charge in [-0.25, -0.2) is 9.99 Å². The molecule has 0 atom stereocenters. The Morgan fingerprint density at radius 1 is 1.15 bits per heavy atom. The van der Waals surface area contributed by atoms with Crippen molar-refractivity contribution in [3.8, 4) is 0 Å². The largest absolute Gasteiger partial charge is 0.369 e. The smallest absolute Gasteiger partial charge is 0.210 e. The number of nitrogens with one attached hydrogen (secondary N) is 4. The molecule has 0 bridgehead atoms. The molecule has 1 aliphatic heterocycles. The molecule has 1 saturated heterocycles. The zero-order chi connectivity index (χ0) is 19.1. The normalized spacial score (nSPS) is 15.4. The second kappa shape index (κ2) is 9.28. The molecule has 1 aromatic carbocycles. The number of nitrogens with two attached hydrogens (primary N) is 1. The Morgan fingerprint density at radius 2 is 1.89 bits per heavy atom. The van der Waals surface area contributed by atoms with Crippen LogP contribution in [-0.4, -0.2) is 54.0 Å². The van der Waals surface area contributed by atoms with Crippen LogP contribution in [0.2, 0.25) is 0 Å². The van der Waals surface area contributed by atoms with Crippen molar-refractivity contribution in [1.29, 1.82) is 5.41 Å². The van der Waals surface area contributed by atoms with Crippen LogP contribution >= 0.6 is 0 Å². The molecule has 1 fully saturated rings. The topological polar surface area (TPSA) is 109 Å². The number of hydrazine groups is 3.